The summed E-state index contributed by atoms with van der Waals surface area (Å²) >= 11 is 0. The summed E-state index contributed by atoms with van der Waals surface area (Å²) in [6.07, 6.45) is 0.820. The second-order valence-corrected chi connectivity index (χ2v) is 8.97. The van der Waals surface area contributed by atoms with Gasteiger partial charge in [-0.2, -0.15) is 0 Å². The molecule has 1 aromatic carbocycles. The van der Waals surface area contributed by atoms with E-state index in [0.717, 1.165) is 12.8 Å². The number of alkyl carbamates (subject to hydrolysis) is 1. The van der Waals surface area contributed by atoms with Crippen molar-refractivity contribution < 1.29 is 24.2 Å². The van der Waals surface area contributed by atoms with Crippen molar-refractivity contribution in [1.29, 1.82) is 0 Å². The van der Waals surface area contributed by atoms with Crippen molar-refractivity contribution in [3.63, 3.8) is 0 Å². The van der Waals surface area contributed by atoms with E-state index < -0.39 is 23.6 Å². The Hall–Kier alpha value is -2.77. The molecule has 0 saturated heterocycles. The van der Waals surface area contributed by atoms with Crippen LogP contribution in [0.4, 0.5) is 4.79 Å². The number of ether oxygens (including phenoxy) is 1. The van der Waals surface area contributed by atoms with E-state index in [1.165, 1.54) is 4.90 Å². The highest BCUT2D eigenvalue weighted by Crippen LogP contribution is 2.38. The monoisotopic (exact) mass is 419 g/mol. The zero-order valence-corrected chi connectivity index (χ0v) is 18.6. The summed E-state index contributed by atoms with van der Waals surface area (Å²) in [4.78, 5) is 39.6. The number of rotatable bonds is 7. The minimum absolute atomic E-state index is 0.0139. The molecule has 1 unspecified atom stereocenters. The summed E-state index contributed by atoms with van der Waals surface area (Å²) in [6.45, 7) is 10.3. The number of benzene rings is 1. The minimum atomic E-state index is -0.993. The number of para-hydroxylation sites is 1. The summed E-state index contributed by atoms with van der Waals surface area (Å²) in [5.41, 5.74) is 0.298. The molecular weight excluding hydrogens is 386 g/mol. The van der Waals surface area contributed by atoms with Crippen LogP contribution in [-0.2, 0) is 14.3 Å². The molecule has 1 saturated carbocycles. The summed E-state index contributed by atoms with van der Waals surface area (Å²) in [6, 6.07) is 3.88. The Morgan fingerprint density at radius 3 is 2.40 bits per heavy atom. The number of carbonyl (C=O) groups excluding carboxylic acids is 3. The first kappa shape index (κ1) is 23.5. The lowest BCUT2D eigenvalue weighted by Gasteiger charge is -2.33. The van der Waals surface area contributed by atoms with Crippen LogP contribution in [0.1, 0.15) is 64.6 Å². The first-order valence-corrected chi connectivity index (χ1v) is 10.3. The number of hydrogen-bond donors (Lipinski definition) is 3. The van der Waals surface area contributed by atoms with E-state index in [4.69, 9.17) is 4.74 Å². The average molecular weight is 420 g/mol. The standard InChI is InChI=1S/C22H33N3O5/c1-13(2)24-20(28)18(16-9-7-8-14(3)19(16)27)25(15-10-11-15)17(26)12-23-21(29)30-22(4,5)6/h7-9,13,15,18,27H,10-12H2,1-6H3,(H,23,29)(H,24,28). The normalized spacial score (nSPS) is 14.8. The first-order valence-electron chi connectivity index (χ1n) is 10.3. The fraction of sp³-hybridized carbons (Fsp3) is 0.591. The van der Waals surface area contributed by atoms with Crippen LogP contribution < -0.4 is 10.6 Å². The van der Waals surface area contributed by atoms with Gasteiger partial charge in [0.25, 0.3) is 0 Å². The quantitative estimate of drug-likeness (QED) is 0.630. The van der Waals surface area contributed by atoms with Crippen molar-refractivity contribution in [2.24, 2.45) is 0 Å². The van der Waals surface area contributed by atoms with Gasteiger partial charge in [0.05, 0.1) is 0 Å². The van der Waals surface area contributed by atoms with Crippen molar-refractivity contribution in [3.05, 3.63) is 29.3 Å². The predicted octanol–water partition coefficient (Wildman–Crippen LogP) is 2.78. The third-order valence-electron chi connectivity index (χ3n) is 4.53. The fourth-order valence-electron chi connectivity index (χ4n) is 3.15. The topological polar surface area (TPSA) is 108 Å². The number of hydrogen-bond acceptors (Lipinski definition) is 5. The van der Waals surface area contributed by atoms with E-state index in [1.807, 2.05) is 13.8 Å². The summed E-state index contributed by atoms with van der Waals surface area (Å²) in [5, 5.41) is 15.9. The molecule has 166 valence electrons. The van der Waals surface area contributed by atoms with Gasteiger partial charge in [-0.3, -0.25) is 9.59 Å². The molecule has 1 aliphatic carbocycles. The molecule has 8 nitrogen and oxygen atoms in total. The molecule has 30 heavy (non-hydrogen) atoms. The van der Waals surface area contributed by atoms with Crippen LogP contribution in [0.15, 0.2) is 18.2 Å². The van der Waals surface area contributed by atoms with Crippen molar-refractivity contribution in [3.8, 4) is 5.75 Å². The second-order valence-electron chi connectivity index (χ2n) is 8.97. The Bertz CT molecular complexity index is 796. The third-order valence-corrected chi connectivity index (χ3v) is 4.53. The molecule has 0 radical (unpaired) electrons. The molecule has 0 heterocycles. The van der Waals surface area contributed by atoms with Crippen molar-refractivity contribution >= 4 is 17.9 Å². The largest absolute Gasteiger partial charge is 0.507 e. The van der Waals surface area contributed by atoms with E-state index in [0.29, 0.717) is 11.1 Å². The molecule has 0 spiro atoms. The maximum atomic E-state index is 13.1. The number of aromatic hydroxyl groups is 1. The van der Waals surface area contributed by atoms with Crippen LogP contribution in [0.5, 0.6) is 5.75 Å². The highest BCUT2D eigenvalue weighted by atomic mass is 16.6. The van der Waals surface area contributed by atoms with E-state index in [9.17, 15) is 19.5 Å². The van der Waals surface area contributed by atoms with Crippen molar-refractivity contribution in [2.75, 3.05) is 6.54 Å². The lowest BCUT2D eigenvalue weighted by atomic mass is 9.99. The molecule has 2 rings (SSSR count). The van der Waals surface area contributed by atoms with Crippen molar-refractivity contribution in [2.45, 2.75) is 78.1 Å². The SMILES string of the molecule is Cc1cccc(C(C(=O)NC(C)C)N(C(=O)CNC(=O)OC(C)(C)C)C2CC2)c1O. The Kier molecular flexibility index (Phi) is 7.34. The van der Waals surface area contributed by atoms with Gasteiger partial charge in [0.2, 0.25) is 11.8 Å². The number of nitrogens with zero attached hydrogens (tertiary/aromatic N) is 1. The van der Waals surface area contributed by atoms with E-state index in [1.54, 1.807) is 45.9 Å². The molecule has 0 aromatic heterocycles. The van der Waals surface area contributed by atoms with E-state index in [2.05, 4.69) is 10.6 Å². The van der Waals surface area contributed by atoms with Crippen LogP contribution in [0.2, 0.25) is 0 Å². The molecule has 3 amide bonds. The smallest absolute Gasteiger partial charge is 0.408 e. The first-order chi connectivity index (χ1) is 13.9. The number of carbonyl (C=O) groups is 3. The highest BCUT2D eigenvalue weighted by Gasteiger charge is 2.42. The fourth-order valence-corrected chi connectivity index (χ4v) is 3.15. The maximum Gasteiger partial charge on any atom is 0.408 e. The molecule has 1 atom stereocenters. The zero-order chi connectivity index (χ0) is 22.6. The van der Waals surface area contributed by atoms with Crippen molar-refractivity contribution in [1.82, 2.24) is 15.5 Å². The molecule has 8 heteroatoms. The lowest BCUT2D eigenvalue weighted by molar-refractivity contribution is -0.141. The molecule has 0 bridgehead atoms. The molecule has 0 aliphatic heterocycles. The van der Waals surface area contributed by atoms with Crippen LogP contribution in [0.3, 0.4) is 0 Å². The maximum absolute atomic E-state index is 13.1. The van der Waals surface area contributed by atoms with Crippen LogP contribution in [-0.4, -0.2) is 52.1 Å². The van der Waals surface area contributed by atoms with Crippen LogP contribution in [0.25, 0.3) is 0 Å². The zero-order valence-electron chi connectivity index (χ0n) is 18.6. The Labute approximate surface area is 178 Å². The number of aryl methyl sites for hydroxylation is 1. The van der Waals surface area contributed by atoms with Crippen LogP contribution in [0, 0.1) is 6.92 Å². The van der Waals surface area contributed by atoms with E-state index in [-0.39, 0.29) is 30.3 Å². The van der Waals surface area contributed by atoms with Gasteiger partial charge >= 0.3 is 6.09 Å². The highest BCUT2D eigenvalue weighted by molar-refractivity contribution is 5.91. The Morgan fingerprint density at radius 1 is 1.23 bits per heavy atom. The van der Waals surface area contributed by atoms with Gasteiger partial charge in [0.15, 0.2) is 0 Å². The van der Waals surface area contributed by atoms with Gasteiger partial charge in [-0.25, -0.2) is 4.79 Å². The van der Waals surface area contributed by atoms with Gasteiger partial charge in [-0.1, -0.05) is 18.2 Å². The summed E-state index contributed by atoms with van der Waals surface area (Å²) in [5.74, 6) is -0.795. The van der Waals surface area contributed by atoms with Crippen LogP contribution >= 0.6 is 0 Å². The average Bonchev–Trinajstić information content (AvgIpc) is 3.43. The molecule has 1 aromatic rings. The number of nitrogens with one attached hydrogen (secondary N) is 2. The molecule has 3 N–H and O–H groups in total. The van der Waals surface area contributed by atoms with Gasteiger partial charge in [0, 0.05) is 17.6 Å². The third kappa shape index (κ3) is 6.37. The van der Waals surface area contributed by atoms with Gasteiger partial charge < -0.3 is 25.4 Å². The Morgan fingerprint density at radius 2 is 1.87 bits per heavy atom. The lowest BCUT2D eigenvalue weighted by Crippen LogP contribution is -2.49. The van der Waals surface area contributed by atoms with Gasteiger partial charge in [-0.05, 0) is 59.9 Å². The molecular formula is C22H33N3O5. The van der Waals surface area contributed by atoms with E-state index >= 15 is 0 Å². The molecule has 1 fully saturated rings. The van der Waals surface area contributed by atoms with Gasteiger partial charge in [-0.15, -0.1) is 0 Å². The van der Waals surface area contributed by atoms with Gasteiger partial charge in [0.1, 0.15) is 23.9 Å². The number of phenols is 1. The molecule has 1 aliphatic rings. The predicted molar refractivity (Wildman–Crippen MR) is 113 cm³/mol. The Balaban J connectivity index is 2.30. The summed E-state index contributed by atoms with van der Waals surface area (Å²) < 4.78 is 5.18. The second kappa shape index (κ2) is 9.36. The number of amides is 3. The minimum Gasteiger partial charge on any atom is -0.507 e. The summed E-state index contributed by atoms with van der Waals surface area (Å²) in [7, 11) is 0. The number of phenolic OH excluding ortho intramolecular Hbond substituents is 1.